The molecule has 0 fully saturated rings. The number of nitrogen functional groups attached to an aromatic ring is 1. The van der Waals surface area contributed by atoms with Gasteiger partial charge in [-0.2, -0.15) is 18.1 Å². The molecule has 0 spiro atoms. The summed E-state index contributed by atoms with van der Waals surface area (Å²) in [4.78, 5) is 3.89. The average Bonchev–Trinajstić information content (AvgIpc) is 2.96. The Morgan fingerprint density at radius 2 is 2.14 bits per heavy atom. The quantitative estimate of drug-likeness (QED) is 0.821. The predicted octanol–water partition coefficient (Wildman–Crippen LogP) is 2.50. The van der Waals surface area contributed by atoms with Crippen LogP contribution in [0.4, 0.5) is 22.6 Å². The van der Waals surface area contributed by atoms with Crippen LogP contribution < -0.4 is 5.73 Å². The Balaban J connectivity index is 1.99. The highest BCUT2D eigenvalue weighted by Crippen LogP contribution is 2.31. The molecule has 0 aliphatic heterocycles. The van der Waals surface area contributed by atoms with Crippen molar-refractivity contribution in [2.75, 3.05) is 12.3 Å². The molecule has 0 bridgehead atoms. The lowest BCUT2D eigenvalue weighted by atomic mass is 10.2. The molecule has 2 rings (SSSR count). The number of rotatable bonds is 6. The fourth-order valence-electron chi connectivity index (χ4n) is 1.40. The Morgan fingerprint density at radius 1 is 1.43 bits per heavy atom. The van der Waals surface area contributed by atoms with Gasteiger partial charge in [0.15, 0.2) is 5.82 Å². The molecule has 0 amide bonds. The zero-order valence-electron chi connectivity index (χ0n) is 10.6. The summed E-state index contributed by atoms with van der Waals surface area (Å²) in [5.74, 6) is -4.21. The molecule has 0 saturated carbocycles. The Labute approximate surface area is 120 Å². The maximum atomic E-state index is 12.6. The van der Waals surface area contributed by atoms with Crippen LogP contribution >= 0.6 is 11.5 Å². The number of hydrogen-bond acceptors (Lipinski definition) is 7. The van der Waals surface area contributed by atoms with Gasteiger partial charge in [0.05, 0.1) is 11.3 Å². The first kappa shape index (κ1) is 15.6. The van der Waals surface area contributed by atoms with Crippen molar-refractivity contribution in [3.05, 3.63) is 11.5 Å². The molecule has 11 heteroatoms. The average molecular weight is 326 g/mol. The minimum Gasteiger partial charge on any atom is -0.389 e. The van der Waals surface area contributed by atoms with Crippen LogP contribution in [0.1, 0.15) is 11.5 Å². The summed E-state index contributed by atoms with van der Waals surface area (Å²) in [5, 5.41) is 3.86. The monoisotopic (exact) mass is 326 g/mol. The Kier molecular flexibility index (Phi) is 4.42. The van der Waals surface area contributed by atoms with Gasteiger partial charge in [-0.05, 0) is 18.5 Å². The van der Waals surface area contributed by atoms with E-state index in [1.807, 2.05) is 0 Å². The van der Waals surface area contributed by atoms with E-state index in [9.17, 15) is 17.6 Å². The molecule has 2 N–H and O–H groups in total. The fraction of sp³-hybridized carbons (Fsp3) is 0.500. The van der Waals surface area contributed by atoms with Crippen LogP contribution in [0.2, 0.25) is 0 Å². The SMILES string of the molecule is Cc1nsc(N)c1-c1nc(COCC(F)(F)C(F)F)no1. The van der Waals surface area contributed by atoms with E-state index in [-0.39, 0.29) is 11.7 Å². The second-order valence-corrected chi connectivity index (χ2v) is 4.88. The highest BCUT2D eigenvalue weighted by atomic mass is 32.1. The largest absolute Gasteiger partial charge is 0.389 e. The summed E-state index contributed by atoms with van der Waals surface area (Å²) in [6, 6.07) is 0. The molecular formula is C10H10F4N4O2S. The normalized spacial score (nSPS) is 12.3. The highest BCUT2D eigenvalue weighted by Gasteiger charge is 2.41. The van der Waals surface area contributed by atoms with Gasteiger partial charge in [-0.3, -0.25) is 0 Å². The number of aromatic nitrogens is 3. The van der Waals surface area contributed by atoms with E-state index in [2.05, 4.69) is 19.3 Å². The van der Waals surface area contributed by atoms with Gasteiger partial charge in [-0.1, -0.05) is 5.16 Å². The number of hydrogen-bond donors (Lipinski definition) is 1. The first-order valence-electron chi connectivity index (χ1n) is 5.59. The van der Waals surface area contributed by atoms with Crippen molar-refractivity contribution in [1.29, 1.82) is 0 Å². The molecule has 0 saturated heterocycles. The maximum Gasteiger partial charge on any atom is 0.330 e. The van der Waals surface area contributed by atoms with E-state index in [1.54, 1.807) is 6.92 Å². The summed E-state index contributed by atoms with van der Waals surface area (Å²) in [5.41, 5.74) is 6.72. The number of nitrogens with two attached hydrogens (primary N) is 1. The van der Waals surface area contributed by atoms with E-state index in [1.165, 1.54) is 0 Å². The lowest BCUT2D eigenvalue weighted by Crippen LogP contribution is -2.32. The number of anilines is 1. The number of aryl methyl sites for hydroxylation is 1. The van der Waals surface area contributed by atoms with Crippen molar-refractivity contribution in [2.45, 2.75) is 25.9 Å². The van der Waals surface area contributed by atoms with E-state index < -0.39 is 25.6 Å². The van der Waals surface area contributed by atoms with Crippen molar-refractivity contribution in [3.63, 3.8) is 0 Å². The Bertz CT molecular complexity index is 596. The third-order valence-corrected chi connectivity index (χ3v) is 3.18. The van der Waals surface area contributed by atoms with Crippen molar-refractivity contribution < 1.29 is 26.8 Å². The van der Waals surface area contributed by atoms with Crippen LogP contribution in [0.15, 0.2) is 4.52 Å². The number of ether oxygens (including phenoxy) is 1. The maximum absolute atomic E-state index is 12.6. The minimum atomic E-state index is -4.22. The molecule has 2 heterocycles. The number of halogens is 4. The first-order valence-corrected chi connectivity index (χ1v) is 6.37. The topological polar surface area (TPSA) is 87.1 Å². The van der Waals surface area contributed by atoms with Crippen molar-refractivity contribution >= 4 is 16.5 Å². The summed E-state index contributed by atoms with van der Waals surface area (Å²) >= 11 is 1.05. The summed E-state index contributed by atoms with van der Waals surface area (Å²) in [6.45, 7) is -0.232. The smallest absolute Gasteiger partial charge is 0.330 e. The molecule has 0 aromatic carbocycles. The van der Waals surface area contributed by atoms with Crippen molar-refractivity contribution in [1.82, 2.24) is 14.5 Å². The molecule has 0 aliphatic carbocycles. The van der Waals surface area contributed by atoms with Crippen molar-refractivity contribution in [2.24, 2.45) is 0 Å². The predicted molar refractivity (Wildman–Crippen MR) is 65.2 cm³/mol. The van der Waals surface area contributed by atoms with Gasteiger partial charge in [0, 0.05) is 0 Å². The van der Waals surface area contributed by atoms with E-state index in [0.717, 1.165) is 11.5 Å². The van der Waals surface area contributed by atoms with Crippen LogP contribution in [0.25, 0.3) is 11.5 Å². The van der Waals surface area contributed by atoms with Gasteiger partial charge in [-0.15, -0.1) is 0 Å². The van der Waals surface area contributed by atoms with Gasteiger partial charge in [0.1, 0.15) is 18.2 Å². The molecule has 6 nitrogen and oxygen atoms in total. The molecule has 0 unspecified atom stereocenters. The lowest BCUT2D eigenvalue weighted by Gasteiger charge is -2.14. The second-order valence-electron chi connectivity index (χ2n) is 4.08. The number of nitrogens with zero attached hydrogens (tertiary/aromatic N) is 3. The fourth-order valence-corrected chi connectivity index (χ4v) is 2.06. The van der Waals surface area contributed by atoms with E-state index in [0.29, 0.717) is 16.3 Å². The van der Waals surface area contributed by atoms with E-state index >= 15 is 0 Å². The van der Waals surface area contributed by atoms with Gasteiger partial charge in [-0.25, -0.2) is 8.78 Å². The molecule has 0 atom stereocenters. The second kappa shape index (κ2) is 5.93. The van der Waals surface area contributed by atoms with Crippen LogP contribution in [0, 0.1) is 6.92 Å². The third-order valence-electron chi connectivity index (χ3n) is 2.42. The van der Waals surface area contributed by atoms with Gasteiger partial charge in [0.2, 0.25) is 0 Å². The van der Waals surface area contributed by atoms with Gasteiger partial charge < -0.3 is 15.0 Å². The van der Waals surface area contributed by atoms with Gasteiger partial charge >= 0.3 is 12.3 Å². The van der Waals surface area contributed by atoms with Crippen LogP contribution in [0.5, 0.6) is 0 Å². The van der Waals surface area contributed by atoms with Crippen LogP contribution in [-0.4, -0.2) is 33.5 Å². The molecule has 2 aromatic heterocycles. The summed E-state index contributed by atoms with van der Waals surface area (Å²) in [7, 11) is 0. The lowest BCUT2D eigenvalue weighted by molar-refractivity contribution is -0.168. The van der Waals surface area contributed by atoms with E-state index in [4.69, 9.17) is 10.3 Å². The molecule has 21 heavy (non-hydrogen) atoms. The molecule has 0 aliphatic rings. The zero-order chi connectivity index (χ0) is 15.6. The molecule has 2 aromatic rings. The van der Waals surface area contributed by atoms with Gasteiger partial charge in [0.25, 0.3) is 5.89 Å². The Morgan fingerprint density at radius 3 is 2.71 bits per heavy atom. The summed E-state index contributed by atoms with van der Waals surface area (Å²) in [6.07, 6.45) is -3.79. The standard InChI is InChI=1S/C10H10F4N4O2S/c1-4-6(7(15)21-18-4)8-16-5(17-20-8)2-19-3-10(13,14)9(11)12/h9H,2-3,15H2,1H3. The molecule has 0 radical (unpaired) electrons. The molecule has 116 valence electrons. The number of alkyl halides is 4. The summed E-state index contributed by atoms with van der Waals surface area (Å²) < 4.78 is 62.5. The first-order chi connectivity index (χ1) is 9.81. The van der Waals surface area contributed by atoms with Crippen LogP contribution in [0.3, 0.4) is 0 Å². The molecular weight excluding hydrogens is 316 g/mol. The Hall–Kier alpha value is -1.75. The third kappa shape index (κ3) is 3.47. The highest BCUT2D eigenvalue weighted by molar-refractivity contribution is 7.10. The zero-order valence-corrected chi connectivity index (χ0v) is 11.5. The minimum absolute atomic E-state index is 0.0555. The van der Waals surface area contributed by atoms with Crippen LogP contribution in [-0.2, 0) is 11.3 Å². The van der Waals surface area contributed by atoms with Crippen molar-refractivity contribution in [3.8, 4) is 11.5 Å².